The van der Waals surface area contributed by atoms with Crippen LogP contribution >= 0.6 is 0 Å². The molecule has 480 valence electrons. The van der Waals surface area contributed by atoms with Gasteiger partial charge in [-0.15, -0.1) is 0 Å². The van der Waals surface area contributed by atoms with Crippen LogP contribution in [-0.4, -0.2) is 87.5 Å². The van der Waals surface area contributed by atoms with Gasteiger partial charge in [-0.25, -0.2) is 0 Å². The molecule has 9 heteroatoms. The second-order valence-corrected chi connectivity index (χ2v) is 23.9. The minimum Gasteiger partial charge on any atom is -0.394 e. The van der Waals surface area contributed by atoms with Crippen LogP contribution in [0.4, 0.5) is 0 Å². The fourth-order valence-electron chi connectivity index (χ4n) is 10.7. The lowest BCUT2D eigenvalue weighted by Crippen LogP contribution is -2.60. The summed E-state index contributed by atoms with van der Waals surface area (Å²) in [5, 5.41) is 54.7. The molecule has 7 unspecified atom stereocenters. The molecule has 1 fully saturated rings. The van der Waals surface area contributed by atoms with Crippen LogP contribution in [-0.2, 0) is 14.3 Å². The standard InChI is InChI=1S/C74H131NO8/c1-3-5-7-9-11-13-15-17-19-21-23-25-27-29-31-32-33-34-35-36-38-40-42-44-46-48-50-52-54-56-58-60-62-64-70(78)75-67(66-82-74-73(81)72(80)71(79)69(65-76)83-74)68(77)63-61-59-57-55-53-51-49-47-45-43-41-39-37-30-28-26-24-22-20-18-16-14-12-10-8-6-4-2/h5,7,11,13,17,19,23,25,29,31,33-34,53,55,61,63,67-69,71-74,76-77,79-81H,3-4,6,8-10,12,14-16,18,20-22,24,26-28,30,32,35-52,54,56-60,62,64-66H2,1-2H3,(H,75,78)/b7-5-,13-11-,19-17-,25-23-,31-29-,34-33-,55-53+,63-61+. The second kappa shape index (κ2) is 62.2. The van der Waals surface area contributed by atoms with E-state index in [4.69, 9.17) is 9.47 Å². The van der Waals surface area contributed by atoms with E-state index in [1.54, 1.807) is 6.08 Å². The van der Waals surface area contributed by atoms with Crippen molar-refractivity contribution in [1.29, 1.82) is 0 Å². The van der Waals surface area contributed by atoms with Crippen LogP contribution < -0.4 is 5.32 Å². The summed E-state index contributed by atoms with van der Waals surface area (Å²) in [4.78, 5) is 13.1. The van der Waals surface area contributed by atoms with E-state index in [1.807, 2.05) is 6.08 Å². The molecule has 9 nitrogen and oxygen atoms in total. The highest BCUT2D eigenvalue weighted by molar-refractivity contribution is 5.76. The minimum atomic E-state index is -1.58. The van der Waals surface area contributed by atoms with Gasteiger partial charge in [0.25, 0.3) is 0 Å². The van der Waals surface area contributed by atoms with Crippen molar-refractivity contribution in [2.24, 2.45) is 0 Å². The van der Waals surface area contributed by atoms with Gasteiger partial charge in [-0.1, -0.05) is 317 Å². The molecular formula is C74H131NO8. The molecule has 1 rings (SSSR count). The van der Waals surface area contributed by atoms with Crippen LogP contribution in [0.3, 0.4) is 0 Å². The van der Waals surface area contributed by atoms with Crippen LogP contribution in [0.5, 0.6) is 0 Å². The number of hydrogen-bond donors (Lipinski definition) is 6. The van der Waals surface area contributed by atoms with E-state index < -0.39 is 49.5 Å². The smallest absolute Gasteiger partial charge is 0.220 e. The monoisotopic (exact) mass is 1160 g/mol. The summed E-state index contributed by atoms with van der Waals surface area (Å²) in [7, 11) is 0. The first-order valence-electron chi connectivity index (χ1n) is 35.0. The van der Waals surface area contributed by atoms with E-state index >= 15 is 0 Å². The van der Waals surface area contributed by atoms with Crippen molar-refractivity contribution >= 4 is 5.91 Å². The van der Waals surface area contributed by atoms with E-state index in [1.165, 1.54) is 212 Å². The molecule has 0 aliphatic carbocycles. The predicted octanol–water partition coefficient (Wildman–Crippen LogP) is 19.1. The van der Waals surface area contributed by atoms with E-state index in [0.29, 0.717) is 6.42 Å². The van der Waals surface area contributed by atoms with Gasteiger partial charge in [0.05, 0.1) is 25.4 Å². The zero-order valence-corrected chi connectivity index (χ0v) is 53.7. The Bertz CT molecular complexity index is 1630. The highest BCUT2D eigenvalue weighted by Gasteiger charge is 2.44. The molecule has 1 amide bonds. The number of carbonyl (C=O) groups excluding carboxylic acids is 1. The van der Waals surface area contributed by atoms with Crippen molar-refractivity contribution in [2.75, 3.05) is 13.2 Å². The van der Waals surface area contributed by atoms with Gasteiger partial charge in [0.2, 0.25) is 5.91 Å². The molecule has 0 radical (unpaired) electrons. The van der Waals surface area contributed by atoms with E-state index in [9.17, 15) is 30.3 Å². The van der Waals surface area contributed by atoms with Crippen molar-refractivity contribution in [3.63, 3.8) is 0 Å². The Labute approximate surface area is 511 Å². The fraction of sp³-hybridized carbons (Fsp3) is 0.770. The predicted molar refractivity (Wildman–Crippen MR) is 355 cm³/mol. The van der Waals surface area contributed by atoms with Crippen LogP contribution in [0.15, 0.2) is 97.2 Å². The highest BCUT2D eigenvalue weighted by atomic mass is 16.7. The molecule has 0 aromatic carbocycles. The Morgan fingerprint density at radius 3 is 1.16 bits per heavy atom. The van der Waals surface area contributed by atoms with Crippen LogP contribution in [0, 0.1) is 0 Å². The van der Waals surface area contributed by atoms with Crippen molar-refractivity contribution in [1.82, 2.24) is 5.32 Å². The Morgan fingerprint density at radius 1 is 0.422 bits per heavy atom. The lowest BCUT2D eigenvalue weighted by atomic mass is 9.99. The average Bonchev–Trinajstić information content (AvgIpc) is 3.61. The lowest BCUT2D eigenvalue weighted by molar-refractivity contribution is -0.302. The molecule has 0 spiro atoms. The lowest BCUT2D eigenvalue weighted by Gasteiger charge is -2.40. The third-order valence-electron chi connectivity index (χ3n) is 16.1. The van der Waals surface area contributed by atoms with Gasteiger partial charge in [0.1, 0.15) is 24.4 Å². The Kier molecular flexibility index (Phi) is 58.5. The molecule has 0 aromatic heterocycles. The number of carbonyl (C=O) groups is 1. The van der Waals surface area contributed by atoms with Gasteiger partial charge < -0.3 is 40.3 Å². The highest BCUT2D eigenvalue weighted by Crippen LogP contribution is 2.23. The molecule has 1 heterocycles. The Balaban J connectivity index is 2.16. The summed E-state index contributed by atoms with van der Waals surface area (Å²) < 4.78 is 11.3. The van der Waals surface area contributed by atoms with Gasteiger partial charge in [-0.2, -0.15) is 0 Å². The summed E-state index contributed by atoms with van der Waals surface area (Å²) in [5.41, 5.74) is 0. The number of unbranched alkanes of at least 4 members (excludes halogenated alkanes) is 36. The first kappa shape index (κ1) is 78.1. The third kappa shape index (κ3) is 50.9. The molecule has 1 aliphatic heterocycles. The third-order valence-corrected chi connectivity index (χ3v) is 16.1. The SMILES string of the molecule is CC/C=C\C/C=C\C/C=C\C/C=C\C/C=C\C/C=C\CCCCCCCCCCCCCCCCC(=O)NC(COC1OC(CO)C(O)C(O)C1O)C(O)/C=C/CC/C=C/CCCCCCCCCCCCCCCCCCCCCCC. The normalized spacial score (nSPS) is 18.9. The molecule has 0 saturated carbocycles. The topological polar surface area (TPSA) is 149 Å². The van der Waals surface area contributed by atoms with E-state index in [0.717, 1.165) is 77.0 Å². The summed E-state index contributed by atoms with van der Waals surface area (Å²) in [6, 6.07) is -0.829. The zero-order valence-electron chi connectivity index (χ0n) is 53.7. The van der Waals surface area contributed by atoms with Gasteiger partial charge >= 0.3 is 0 Å². The number of aliphatic hydroxyl groups is 5. The number of rotatable bonds is 60. The van der Waals surface area contributed by atoms with Crippen molar-refractivity contribution in [3.8, 4) is 0 Å². The maximum Gasteiger partial charge on any atom is 0.220 e. The molecular weight excluding hydrogens is 1030 g/mol. The van der Waals surface area contributed by atoms with Crippen LogP contribution in [0.1, 0.15) is 309 Å². The maximum atomic E-state index is 13.1. The maximum absolute atomic E-state index is 13.1. The first-order valence-corrected chi connectivity index (χ1v) is 35.0. The number of ether oxygens (including phenoxy) is 2. The summed E-state index contributed by atoms with van der Waals surface area (Å²) in [6.45, 7) is 3.68. The molecule has 7 atom stereocenters. The first-order chi connectivity index (χ1) is 40.8. The fourth-order valence-corrected chi connectivity index (χ4v) is 10.7. The molecule has 83 heavy (non-hydrogen) atoms. The Hall–Kier alpha value is -2.89. The van der Waals surface area contributed by atoms with Gasteiger partial charge in [-0.3, -0.25) is 4.79 Å². The molecule has 0 bridgehead atoms. The number of nitrogens with one attached hydrogen (secondary N) is 1. The van der Waals surface area contributed by atoms with Gasteiger partial charge in [0, 0.05) is 6.42 Å². The van der Waals surface area contributed by atoms with Crippen molar-refractivity contribution in [2.45, 2.75) is 352 Å². The van der Waals surface area contributed by atoms with Crippen LogP contribution in [0.2, 0.25) is 0 Å². The molecule has 6 N–H and O–H groups in total. The quantitative estimate of drug-likeness (QED) is 0.0261. The zero-order chi connectivity index (χ0) is 60.0. The summed E-state index contributed by atoms with van der Waals surface area (Å²) in [6.07, 6.45) is 83.7. The summed E-state index contributed by atoms with van der Waals surface area (Å²) in [5.74, 6) is -0.187. The largest absolute Gasteiger partial charge is 0.394 e. The summed E-state index contributed by atoms with van der Waals surface area (Å²) >= 11 is 0. The number of allylic oxidation sites excluding steroid dienone is 15. The average molecular weight is 1160 g/mol. The molecule has 1 saturated heterocycles. The number of hydrogen-bond acceptors (Lipinski definition) is 8. The number of aliphatic hydroxyl groups excluding tert-OH is 5. The number of amides is 1. The van der Waals surface area contributed by atoms with Crippen molar-refractivity contribution < 1.29 is 39.8 Å². The van der Waals surface area contributed by atoms with E-state index in [2.05, 4.69) is 104 Å². The second-order valence-electron chi connectivity index (χ2n) is 23.9. The van der Waals surface area contributed by atoms with Crippen molar-refractivity contribution in [3.05, 3.63) is 97.2 Å². The van der Waals surface area contributed by atoms with E-state index in [-0.39, 0.29) is 12.5 Å². The van der Waals surface area contributed by atoms with Crippen LogP contribution in [0.25, 0.3) is 0 Å². The van der Waals surface area contributed by atoms with Gasteiger partial charge in [0.15, 0.2) is 6.29 Å². The molecule has 0 aromatic rings. The Morgan fingerprint density at radius 2 is 0.759 bits per heavy atom. The van der Waals surface area contributed by atoms with Gasteiger partial charge in [-0.05, 0) is 83.5 Å². The minimum absolute atomic E-state index is 0.187. The molecule has 1 aliphatic rings.